The average Bonchev–Trinajstić information content (AvgIpc) is 3.47. The Morgan fingerprint density at radius 3 is 2.14 bits per heavy atom. The van der Waals surface area contributed by atoms with Crippen molar-refractivity contribution in [3.05, 3.63) is 35.4 Å². The van der Waals surface area contributed by atoms with Gasteiger partial charge in [0.25, 0.3) is 5.91 Å². The van der Waals surface area contributed by atoms with Gasteiger partial charge in [0.05, 0.1) is 0 Å². The predicted octanol–water partition coefficient (Wildman–Crippen LogP) is 3.34. The number of rotatable bonds is 8. The number of nitrogens with zero attached hydrogens (tertiary/aromatic N) is 1. The second-order valence-electron chi connectivity index (χ2n) is 9.51. The van der Waals surface area contributed by atoms with Crippen LogP contribution in [0, 0.1) is 5.92 Å². The van der Waals surface area contributed by atoms with Crippen molar-refractivity contribution in [2.45, 2.75) is 77.9 Å². The quantitative estimate of drug-likeness (QED) is 0.719. The third-order valence-electron chi connectivity index (χ3n) is 5.64. The Hall–Kier alpha value is -1.88. The summed E-state index contributed by atoms with van der Waals surface area (Å²) in [7, 11) is 2.11. The highest BCUT2D eigenvalue weighted by atomic mass is 16.2. The molecule has 0 bridgehead atoms. The number of carbonyl (C=O) groups is 2. The summed E-state index contributed by atoms with van der Waals surface area (Å²) in [5, 5.41) is 5.93. The molecule has 2 rings (SSSR count). The minimum atomic E-state index is -0.548. The van der Waals surface area contributed by atoms with Crippen LogP contribution in [0.4, 0.5) is 0 Å². The Labute approximate surface area is 170 Å². The maximum absolute atomic E-state index is 12.7. The number of carbonyl (C=O) groups excluding carboxylic acids is 2. The van der Waals surface area contributed by atoms with Crippen molar-refractivity contribution in [2.24, 2.45) is 5.92 Å². The fraction of sp³-hybridized carbons (Fsp3) is 0.652. The van der Waals surface area contributed by atoms with E-state index in [-0.39, 0.29) is 29.2 Å². The van der Waals surface area contributed by atoms with Crippen molar-refractivity contribution >= 4 is 11.8 Å². The maximum atomic E-state index is 12.7. The molecule has 2 N–H and O–H groups in total. The van der Waals surface area contributed by atoms with Crippen molar-refractivity contribution in [1.82, 2.24) is 15.5 Å². The van der Waals surface area contributed by atoms with Crippen LogP contribution in [0.25, 0.3) is 0 Å². The Bertz CT molecular complexity index is 672. The van der Waals surface area contributed by atoms with Gasteiger partial charge in [-0.25, -0.2) is 0 Å². The van der Waals surface area contributed by atoms with Gasteiger partial charge >= 0.3 is 0 Å². The third-order valence-corrected chi connectivity index (χ3v) is 5.64. The minimum Gasteiger partial charge on any atom is -0.353 e. The van der Waals surface area contributed by atoms with Gasteiger partial charge in [0.2, 0.25) is 5.91 Å². The molecule has 2 atom stereocenters. The summed E-state index contributed by atoms with van der Waals surface area (Å²) in [4.78, 5) is 27.7. The lowest BCUT2D eigenvalue weighted by Crippen LogP contribution is -2.52. The average molecular weight is 388 g/mol. The molecule has 1 aliphatic rings. The van der Waals surface area contributed by atoms with Gasteiger partial charge in [-0.15, -0.1) is 0 Å². The topological polar surface area (TPSA) is 61.4 Å². The molecule has 0 aliphatic heterocycles. The van der Waals surface area contributed by atoms with E-state index in [0.717, 1.165) is 0 Å². The van der Waals surface area contributed by atoms with Crippen LogP contribution in [0.5, 0.6) is 0 Å². The van der Waals surface area contributed by atoms with Crippen LogP contribution in [0.2, 0.25) is 0 Å². The molecule has 1 saturated carbocycles. The number of hydrogen-bond donors (Lipinski definition) is 2. The van der Waals surface area contributed by atoms with Crippen molar-refractivity contribution in [1.29, 1.82) is 0 Å². The van der Waals surface area contributed by atoms with E-state index in [1.54, 1.807) is 0 Å². The van der Waals surface area contributed by atoms with Gasteiger partial charge in [-0.05, 0) is 55.8 Å². The van der Waals surface area contributed by atoms with Crippen LogP contribution in [0.1, 0.15) is 70.3 Å². The molecule has 1 aromatic rings. The molecular formula is C23H37N3O2. The first-order valence-corrected chi connectivity index (χ1v) is 10.4. The van der Waals surface area contributed by atoms with Crippen molar-refractivity contribution < 1.29 is 9.59 Å². The molecule has 1 fully saturated rings. The fourth-order valence-electron chi connectivity index (χ4n) is 3.23. The largest absolute Gasteiger partial charge is 0.353 e. The van der Waals surface area contributed by atoms with E-state index in [4.69, 9.17) is 0 Å². The van der Waals surface area contributed by atoms with E-state index in [1.165, 1.54) is 18.4 Å². The zero-order chi connectivity index (χ0) is 21.1. The molecule has 5 nitrogen and oxygen atoms in total. The summed E-state index contributed by atoms with van der Waals surface area (Å²) in [5.41, 5.74) is 1.80. The molecule has 28 heavy (non-hydrogen) atoms. The summed E-state index contributed by atoms with van der Waals surface area (Å²) in [6.07, 6.45) is 2.49. The smallest absolute Gasteiger partial charge is 0.251 e. The third kappa shape index (κ3) is 6.06. The van der Waals surface area contributed by atoms with Crippen molar-refractivity contribution in [3.8, 4) is 0 Å². The summed E-state index contributed by atoms with van der Waals surface area (Å²) in [6, 6.07) is 8.01. The van der Waals surface area contributed by atoms with Gasteiger partial charge in [-0.2, -0.15) is 0 Å². The maximum Gasteiger partial charge on any atom is 0.251 e. The Morgan fingerprint density at radius 2 is 1.68 bits per heavy atom. The number of hydrogen-bond acceptors (Lipinski definition) is 3. The summed E-state index contributed by atoms with van der Waals surface area (Å²) in [6.45, 7) is 13.0. The number of amides is 2. The first-order valence-electron chi connectivity index (χ1n) is 10.4. The molecule has 2 amide bonds. The lowest BCUT2D eigenvalue weighted by molar-refractivity contribution is -0.124. The highest BCUT2D eigenvalue weighted by Gasteiger charge is 2.30. The monoisotopic (exact) mass is 387 g/mol. The Balaban J connectivity index is 1.95. The molecule has 5 heteroatoms. The van der Waals surface area contributed by atoms with Crippen LogP contribution in [0.3, 0.4) is 0 Å². The number of likely N-dealkylation sites (N-methyl/N-ethyl adjacent to an activating group) is 1. The van der Waals surface area contributed by atoms with Gasteiger partial charge < -0.3 is 10.6 Å². The molecule has 0 aromatic heterocycles. The van der Waals surface area contributed by atoms with Gasteiger partial charge in [0.15, 0.2) is 0 Å². The van der Waals surface area contributed by atoms with E-state index in [9.17, 15) is 9.59 Å². The zero-order valence-corrected chi connectivity index (χ0v) is 18.5. The zero-order valence-electron chi connectivity index (χ0n) is 18.5. The van der Waals surface area contributed by atoms with E-state index < -0.39 is 6.04 Å². The molecule has 0 heterocycles. The van der Waals surface area contributed by atoms with Gasteiger partial charge in [-0.3, -0.25) is 14.5 Å². The normalized spacial score (nSPS) is 16.8. The van der Waals surface area contributed by atoms with Gasteiger partial charge in [0.1, 0.15) is 6.04 Å². The molecule has 156 valence electrons. The second kappa shape index (κ2) is 9.08. The SMILES string of the molecule is CC(C)C(NC(=O)c1ccc(C(C)(C)C)cc1)C(=O)NCC(C)N(C)C1CC1. The van der Waals surface area contributed by atoms with Crippen molar-refractivity contribution in [2.75, 3.05) is 13.6 Å². The minimum absolute atomic E-state index is 0.00858. The van der Waals surface area contributed by atoms with E-state index in [1.807, 2.05) is 38.1 Å². The van der Waals surface area contributed by atoms with E-state index >= 15 is 0 Å². The highest BCUT2D eigenvalue weighted by Crippen LogP contribution is 2.26. The molecular weight excluding hydrogens is 350 g/mol. The van der Waals surface area contributed by atoms with Crippen LogP contribution in [-0.2, 0) is 10.2 Å². The lowest BCUT2D eigenvalue weighted by atomic mass is 9.86. The van der Waals surface area contributed by atoms with Crippen molar-refractivity contribution in [3.63, 3.8) is 0 Å². The molecule has 2 unspecified atom stereocenters. The molecule has 0 radical (unpaired) electrons. The standard InChI is InChI=1S/C23H37N3O2/c1-15(2)20(22(28)24-14-16(3)26(7)19-12-13-19)25-21(27)17-8-10-18(11-9-17)23(4,5)6/h8-11,15-16,19-20H,12-14H2,1-7H3,(H,24,28)(H,25,27). The highest BCUT2D eigenvalue weighted by molar-refractivity contribution is 5.97. The number of nitrogens with one attached hydrogen (secondary N) is 2. The molecule has 0 saturated heterocycles. The van der Waals surface area contributed by atoms with Crippen LogP contribution in [0.15, 0.2) is 24.3 Å². The first-order chi connectivity index (χ1) is 13.0. The van der Waals surface area contributed by atoms with Crippen LogP contribution < -0.4 is 10.6 Å². The summed E-state index contributed by atoms with van der Waals surface area (Å²) >= 11 is 0. The van der Waals surface area contributed by atoms with E-state index in [0.29, 0.717) is 18.2 Å². The van der Waals surface area contributed by atoms with E-state index in [2.05, 4.69) is 50.3 Å². The molecule has 0 spiro atoms. The lowest BCUT2D eigenvalue weighted by Gasteiger charge is -2.27. The van der Waals surface area contributed by atoms with Crippen LogP contribution >= 0.6 is 0 Å². The fourth-order valence-corrected chi connectivity index (χ4v) is 3.23. The van der Waals surface area contributed by atoms with Crippen LogP contribution in [-0.4, -0.2) is 48.4 Å². The van der Waals surface area contributed by atoms with Gasteiger partial charge in [0, 0.05) is 24.2 Å². The number of benzene rings is 1. The second-order valence-corrected chi connectivity index (χ2v) is 9.51. The van der Waals surface area contributed by atoms with Gasteiger partial charge in [-0.1, -0.05) is 46.8 Å². The summed E-state index contributed by atoms with van der Waals surface area (Å²) < 4.78 is 0. The molecule has 1 aromatic carbocycles. The first kappa shape index (κ1) is 22.4. The Morgan fingerprint density at radius 1 is 1.11 bits per heavy atom. The predicted molar refractivity (Wildman–Crippen MR) is 114 cm³/mol. The Kier molecular flexibility index (Phi) is 7.27. The summed E-state index contributed by atoms with van der Waals surface area (Å²) in [5.74, 6) is -0.322. The molecule has 1 aliphatic carbocycles.